The van der Waals surface area contributed by atoms with E-state index in [1.165, 1.54) is 20.9 Å². The molecular weight excluding hydrogens is 993 g/mol. The molecule has 0 spiro atoms. The van der Waals surface area contributed by atoms with Crippen molar-refractivity contribution in [2.45, 2.75) is 122 Å². The Morgan fingerprint density at radius 1 is 1.13 bits per heavy atom. The predicted octanol–water partition coefficient (Wildman–Crippen LogP) is 6.59. The van der Waals surface area contributed by atoms with Gasteiger partial charge in [-0.15, -0.1) is 27.4 Å². The summed E-state index contributed by atoms with van der Waals surface area (Å²) in [5.41, 5.74) is 12.3. The van der Waals surface area contributed by atoms with Gasteiger partial charge in [-0.25, -0.2) is 15.0 Å². The van der Waals surface area contributed by atoms with Crippen molar-refractivity contribution < 1.29 is 33.7 Å². The normalized spacial score (nSPS) is 22.7. The molecule has 0 saturated carbocycles. The largest absolute Gasteiger partial charge is 0.455 e. The van der Waals surface area contributed by atoms with Gasteiger partial charge in [0.05, 0.1) is 52.3 Å². The number of ether oxygens (including phenoxy) is 1. The summed E-state index contributed by atoms with van der Waals surface area (Å²) < 4.78 is 13.4. The Kier molecular flexibility index (Phi) is 16.5. The van der Waals surface area contributed by atoms with Gasteiger partial charge in [0.25, 0.3) is 0 Å². The Balaban J connectivity index is 0.748. The standard InChI is InChI=1S/C53H66N14O6S2/c1-31(2)40(50(71)67-26-38(69)22-42(67)49(70)57-24-37(29-68)35-12-14-36(15-13-35)46-34(5)58-30-74-46)27-65-28-44(61-63-65)72-21-8-10-32(3)64-19-9-20-66(33(4)25-64)52-56-18-16-41(59-52)48-60-51(73-62-48)53(6)17-7-11-43-45(53)39(23-54)47(55)75-43/h12-16,18,27-28,30-33,37-38,40,42,68-69H,7-11,17,19-22,24-26,29,55H2,1-6H3/p+1/b65-27-/t32?,33-,37-,38+,40?,42-,53-/m0/s1. The van der Waals surface area contributed by atoms with Gasteiger partial charge in [-0.05, 0) is 89.3 Å². The van der Waals surface area contributed by atoms with E-state index in [9.17, 15) is 25.1 Å². The molecule has 22 heteroatoms. The van der Waals surface area contributed by atoms with E-state index in [2.05, 4.69) is 67.4 Å². The van der Waals surface area contributed by atoms with Crippen LogP contribution in [-0.2, 0) is 26.2 Å². The lowest BCUT2D eigenvalue weighted by atomic mass is 9.72. The number of β-amino-alcohol motifs (C(OH)–C–C–N with tert-alkyl or cyclic N) is 1. The summed E-state index contributed by atoms with van der Waals surface area (Å²) in [6.45, 7) is 15.3. The number of nitriles is 1. The number of carbonyl (C=O) groups is 2. The van der Waals surface area contributed by atoms with Gasteiger partial charge < -0.3 is 40.3 Å². The van der Waals surface area contributed by atoms with E-state index in [-0.39, 0.29) is 61.9 Å². The first-order valence-electron chi connectivity index (χ1n) is 25.9. The second kappa shape index (κ2) is 23.2. The Hall–Kier alpha value is -6.51. The highest BCUT2D eigenvalue weighted by atomic mass is 32.1. The Bertz CT molecular complexity index is 2980. The number of benzene rings is 1. The molecule has 7 atom stereocenters. The zero-order valence-electron chi connectivity index (χ0n) is 43.4. The smallest absolute Gasteiger partial charge is 0.398 e. The van der Waals surface area contributed by atoms with Crippen LogP contribution < -0.4 is 16.0 Å². The molecule has 75 heavy (non-hydrogen) atoms. The maximum atomic E-state index is 14.2. The highest BCUT2D eigenvalue weighted by molar-refractivity contribution is 7.16. The van der Waals surface area contributed by atoms with E-state index in [0.29, 0.717) is 46.4 Å². The molecule has 5 N–H and O–H groups in total. The molecule has 2 unspecified atom stereocenters. The third-order valence-corrected chi connectivity index (χ3v) is 17.2. The fourth-order valence-electron chi connectivity index (χ4n) is 10.8. The van der Waals surface area contributed by atoms with Gasteiger partial charge >= 0.3 is 5.88 Å². The van der Waals surface area contributed by atoms with Crippen LogP contribution in [0.1, 0.15) is 112 Å². The van der Waals surface area contributed by atoms with Crippen LogP contribution in [0.25, 0.3) is 22.0 Å². The number of likely N-dealkylation sites (tertiary alicyclic amines) is 1. The van der Waals surface area contributed by atoms with Gasteiger partial charge in [-0.2, -0.15) is 10.2 Å². The minimum Gasteiger partial charge on any atom is -0.455 e. The number of nitrogen functional groups attached to an aromatic ring is 1. The van der Waals surface area contributed by atoms with Gasteiger partial charge in [0, 0.05) is 73.8 Å². The molecule has 3 aliphatic heterocycles. The van der Waals surface area contributed by atoms with Crippen molar-refractivity contribution in [1.82, 2.24) is 40.2 Å². The molecule has 7 heterocycles. The number of amides is 2. The van der Waals surface area contributed by atoms with Crippen LogP contribution in [0.2, 0.25) is 0 Å². The number of hydrogen-bond acceptors (Lipinski definition) is 19. The third kappa shape index (κ3) is 11.5. The van der Waals surface area contributed by atoms with Gasteiger partial charge in [-0.1, -0.05) is 43.3 Å². The molecule has 1 aromatic carbocycles. The first-order valence-corrected chi connectivity index (χ1v) is 27.6. The summed E-state index contributed by atoms with van der Waals surface area (Å²) in [6, 6.07) is 11.5. The summed E-state index contributed by atoms with van der Waals surface area (Å²) in [4.78, 5) is 55.0. The minimum atomic E-state index is -0.870. The van der Waals surface area contributed by atoms with Crippen molar-refractivity contribution in [3.8, 4) is 28.0 Å². The number of aliphatic hydroxyl groups is 2. The lowest BCUT2D eigenvalue weighted by Gasteiger charge is -2.32. The van der Waals surface area contributed by atoms with Gasteiger partial charge in [-0.3, -0.25) is 14.5 Å². The molecule has 0 bridgehead atoms. The zero-order valence-corrected chi connectivity index (χ0v) is 45.1. The van der Waals surface area contributed by atoms with Crippen LogP contribution in [0.15, 0.2) is 69.0 Å². The van der Waals surface area contributed by atoms with Crippen LogP contribution in [0, 0.1) is 30.1 Å². The lowest BCUT2D eigenvalue weighted by molar-refractivity contribution is -0.462. The number of thiophene rings is 1. The Morgan fingerprint density at radius 2 is 1.95 bits per heavy atom. The maximum Gasteiger partial charge on any atom is 0.398 e. The number of carbonyl (C=O) groups excluding carboxylic acids is 2. The number of hydrogen-bond donors (Lipinski definition) is 4. The summed E-state index contributed by atoms with van der Waals surface area (Å²) in [6.07, 6.45) is 9.50. The number of aromatic nitrogens is 5. The maximum absolute atomic E-state index is 14.2. The number of fused-ring (bicyclic) bond motifs is 1. The summed E-state index contributed by atoms with van der Waals surface area (Å²) >= 11 is 3.04. The number of aryl methyl sites for hydroxylation is 2. The summed E-state index contributed by atoms with van der Waals surface area (Å²) in [5, 5.41) is 47.2. The van der Waals surface area contributed by atoms with Crippen molar-refractivity contribution in [3.63, 3.8) is 0 Å². The first kappa shape index (κ1) is 53.3. The molecule has 2 fully saturated rings. The van der Waals surface area contributed by atoms with E-state index in [4.69, 9.17) is 25.0 Å². The average molecular weight is 1060 g/mol. The number of nitrogens with zero attached hydrogens (tertiary/aromatic N) is 12. The van der Waals surface area contributed by atoms with Crippen molar-refractivity contribution in [3.05, 3.63) is 87.3 Å². The highest BCUT2D eigenvalue weighted by Crippen LogP contribution is 2.48. The molecule has 5 aromatic rings. The van der Waals surface area contributed by atoms with E-state index >= 15 is 0 Å². The number of nitrogens with one attached hydrogen (secondary N) is 1. The topological polar surface area (TPSA) is 261 Å². The predicted molar refractivity (Wildman–Crippen MR) is 285 cm³/mol. The van der Waals surface area contributed by atoms with E-state index in [1.54, 1.807) is 36.0 Å². The van der Waals surface area contributed by atoms with E-state index in [1.807, 2.05) is 50.5 Å². The molecule has 9 rings (SSSR count). The fourth-order valence-corrected chi connectivity index (χ4v) is 12.8. The third-order valence-electron chi connectivity index (χ3n) is 15.1. The van der Waals surface area contributed by atoms with Gasteiger partial charge in [0.2, 0.25) is 35.7 Å². The monoisotopic (exact) mass is 1060 g/mol. The second-order valence-corrected chi connectivity index (χ2v) is 22.7. The summed E-state index contributed by atoms with van der Waals surface area (Å²) in [7, 11) is 0. The Labute approximate surface area is 445 Å². The van der Waals surface area contributed by atoms with Gasteiger partial charge in [0.15, 0.2) is 0 Å². The second-order valence-electron chi connectivity index (χ2n) is 20.7. The summed E-state index contributed by atoms with van der Waals surface area (Å²) in [5.74, 6) is -0.0806. The molecular formula is C53H67N14O6S2+. The fraction of sp³-hybridized carbons (Fsp3) is 0.528. The number of anilines is 2. The zero-order chi connectivity index (χ0) is 53.0. The van der Waals surface area contributed by atoms with Crippen molar-refractivity contribution in [1.29, 1.82) is 5.26 Å². The number of thiazole rings is 1. The van der Waals surface area contributed by atoms with Crippen LogP contribution in [0.4, 0.5) is 10.9 Å². The van der Waals surface area contributed by atoms with E-state index in [0.717, 1.165) is 90.3 Å². The quantitative estimate of drug-likeness (QED) is 0.0533. The highest BCUT2D eigenvalue weighted by Gasteiger charge is 2.44. The molecule has 4 aromatic heterocycles. The van der Waals surface area contributed by atoms with Crippen LogP contribution in [-0.4, -0.2) is 138 Å². The van der Waals surface area contributed by atoms with E-state index < -0.39 is 23.5 Å². The van der Waals surface area contributed by atoms with Crippen molar-refractivity contribution in [2.24, 2.45) is 22.2 Å². The molecule has 20 nitrogen and oxygen atoms in total. The van der Waals surface area contributed by atoms with Crippen LogP contribution >= 0.6 is 22.7 Å². The number of nitrogens with two attached hydrogens (primary N) is 1. The SMILES string of the molecule is Cc1ncsc1-c1ccc([C@H](CO)CNC(=O)[C@@H]2C[C@@H](O)CN2C(=O)C(/C=[N+]2/C=C(OCCCC(C)N3CCCN(c4nccc(-c5noc([C@@]6(C)CCCc7sc(N)c(C#N)c76)n5)n4)[C@@H](C)C3)N=N2)C(C)C)cc1. The molecule has 2 amide bonds. The Morgan fingerprint density at radius 3 is 2.69 bits per heavy atom. The van der Waals surface area contributed by atoms with Crippen molar-refractivity contribution in [2.75, 3.05) is 56.6 Å². The van der Waals surface area contributed by atoms with Crippen LogP contribution in [0.3, 0.4) is 0 Å². The van der Waals surface area contributed by atoms with Crippen LogP contribution in [0.5, 0.6) is 0 Å². The van der Waals surface area contributed by atoms with Crippen molar-refractivity contribution >= 4 is 51.7 Å². The molecule has 0 radical (unpaired) electrons. The molecule has 1 aliphatic carbocycles. The average Bonchev–Trinajstić information content (AvgIpc) is 4.27. The number of rotatable bonds is 18. The minimum absolute atomic E-state index is 0.0297. The van der Waals surface area contributed by atoms with Gasteiger partial charge in [0.1, 0.15) is 39.4 Å². The molecule has 396 valence electrons. The molecule has 2 saturated heterocycles. The number of aliphatic hydroxyl groups excluding tert-OH is 2. The lowest BCUT2D eigenvalue weighted by Crippen LogP contribution is -2.49. The molecule has 4 aliphatic rings. The first-order chi connectivity index (χ1) is 36.1.